The van der Waals surface area contributed by atoms with Gasteiger partial charge >= 0.3 is 5.97 Å². The van der Waals surface area contributed by atoms with Crippen molar-refractivity contribution in [2.24, 2.45) is 0 Å². The fourth-order valence-electron chi connectivity index (χ4n) is 2.90. The summed E-state index contributed by atoms with van der Waals surface area (Å²) in [5, 5.41) is 0. The summed E-state index contributed by atoms with van der Waals surface area (Å²) in [7, 11) is 1.28. The average molecular weight is 281 g/mol. The summed E-state index contributed by atoms with van der Waals surface area (Å²) in [6, 6.07) is 12.6. The molecule has 0 radical (unpaired) electrons. The van der Waals surface area contributed by atoms with Crippen molar-refractivity contribution in [2.45, 2.75) is 5.92 Å². The molecule has 5 heteroatoms. The van der Waals surface area contributed by atoms with Gasteiger partial charge < -0.3 is 9.47 Å². The van der Waals surface area contributed by atoms with E-state index in [2.05, 4.69) is 0 Å². The van der Waals surface area contributed by atoms with E-state index in [9.17, 15) is 9.59 Å². The van der Waals surface area contributed by atoms with Crippen molar-refractivity contribution in [1.82, 2.24) is 0 Å². The largest absolute Gasteiger partial charge is 0.468 e. The highest BCUT2D eigenvalue weighted by atomic mass is 16.5. The molecule has 21 heavy (non-hydrogen) atoms. The standard InChI is InChI=1S/C16H11NO4/c1-20-16(19)13-9-5-4-8-12-14(9)17(15(13)18)10-6-2-3-7-11(10)21-12/h2-8,13H,1H3. The Bertz CT molecular complexity index is 784. The third-order valence-corrected chi connectivity index (χ3v) is 3.80. The number of esters is 1. The lowest BCUT2D eigenvalue weighted by molar-refractivity contribution is -0.145. The van der Waals surface area contributed by atoms with Gasteiger partial charge in [0.15, 0.2) is 17.4 Å². The number of nitrogens with zero attached hydrogens (tertiary/aromatic N) is 1. The minimum absolute atomic E-state index is 0.306. The molecule has 0 spiro atoms. The first-order valence-corrected chi connectivity index (χ1v) is 6.54. The Balaban J connectivity index is 1.98. The minimum atomic E-state index is -0.931. The summed E-state index contributed by atoms with van der Waals surface area (Å²) in [5.41, 5.74) is 1.91. The minimum Gasteiger partial charge on any atom is -0.468 e. The van der Waals surface area contributed by atoms with E-state index in [1.807, 2.05) is 12.1 Å². The predicted octanol–water partition coefficient (Wildman–Crippen LogP) is 2.73. The molecule has 2 aromatic rings. The van der Waals surface area contributed by atoms with E-state index in [1.54, 1.807) is 35.2 Å². The number of carbonyl (C=O) groups is 2. The van der Waals surface area contributed by atoms with Crippen LogP contribution >= 0.6 is 0 Å². The van der Waals surface area contributed by atoms with Crippen molar-refractivity contribution in [2.75, 3.05) is 12.0 Å². The molecule has 1 amide bonds. The normalized spacial score (nSPS) is 17.9. The molecule has 1 atom stereocenters. The van der Waals surface area contributed by atoms with Crippen LogP contribution < -0.4 is 9.64 Å². The second-order valence-electron chi connectivity index (χ2n) is 4.89. The number of hydrogen-bond donors (Lipinski definition) is 0. The Morgan fingerprint density at radius 1 is 1.14 bits per heavy atom. The first kappa shape index (κ1) is 12.0. The third kappa shape index (κ3) is 1.45. The molecule has 2 aliphatic rings. The van der Waals surface area contributed by atoms with E-state index in [0.717, 1.165) is 0 Å². The number of methoxy groups -OCH3 is 1. The van der Waals surface area contributed by atoms with Crippen LogP contribution in [0.5, 0.6) is 11.5 Å². The maximum atomic E-state index is 12.7. The van der Waals surface area contributed by atoms with Crippen LogP contribution in [0.25, 0.3) is 0 Å². The van der Waals surface area contributed by atoms with E-state index in [1.165, 1.54) is 7.11 Å². The SMILES string of the molecule is COC(=O)C1C(=O)N2c3ccccc3Oc3cccc1c32. The Morgan fingerprint density at radius 2 is 1.90 bits per heavy atom. The summed E-state index contributed by atoms with van der Waals surface area (Å²) >= 11 is 0. The number of rotatable bonds is 1. The Hall–Kier alpha value is -2.82. The van der Waals surface area contributed by atoms with Crippen LogP contribution in [-0.4, -0.2) is 19.0 Å². The number of anilines is 2. The van der Waals surface area contributed by atoms with Crippen LogP contribution in [0.2, 0.25) is 0 Å². The van der Waals surface area contributed by atoms with E-state index in [0.29, 0.717) is 28.4 Å². The lowest BCUT2D eigenvalue weighted by atomic mass is 10.0. The zero-order valence-electron chi connectivity index (χ0n) is 11.2. The summed E-state index contributed by atoms with van der Waals surface area (Å²) in [5.74, 6) is -0.619. The van der Waals surface area contributed by atoms with E-state index < -0.39 is 11.9 Å². The summed E-state index contributed by atoms with van der Waals surface area (Å²) in [6.45, 7) is 0. The molecule has 2 aromatic carbocycles. The van der Waals surface area contributed by atoms with Crippen molar-refractivity contribution in [3.8, 4) is 11.5 Å². The van der Waals surface area contributed by atoms with E-state index in [-0.39, 0.29) is 5.91 Å². The van der Waals surface area contributed by atoms with Crippen LogP contribution in [0, 0.1) is 0 Å². The molecule has 0 fully saturated rings. The third-order valence-electron chi connectivity index (χ3n) is 3.80. The number of amides is 1. The molecular weight excluding hydrogens is 270 g/mol. The van der Waals surface area contributed by atoms with Crippen molar-refractivity contribution in [3.05, 3.63) is 48.0 Å². The molecule has 0 saturated heterocycles. The van der Waals surface area contributed by atoms with Gasteiger partial charge in [-0.3, -0.25) is 14.5 Å². The van der Waals surface area contributed by atoms with Crippen molar-refractivity contribution in [3.63, 3.8) is 0 Å². The van der Waals surface area contributed by atoms with Crippen LogP contribution in [0.4, 0.5) is 11.4 Å². The van der Waals surface area contributed by atoms with Gasteiger partial charge in [0.2, 0.25) is 0 Å². The highest BCUT2D eigenvalue weighted by Crippen LogP contribution is 2.54. The molecular formula is C16H11NO4. The fraction of sp³-hybridized carbons (Fsp3) is 0.125. The average Bonchev–Trinajstić information content (AvgIpc) is 2.81. The van der Waals surface area contributed by atoms with Crippen molar-refractivity contribution >= 4 is 23.3 Å². The first-order valence-electron chi connectivity index (χ1n) is 6.54. The topological polar surface area (TPSA) is 55.8 Å². The molecule has 2 heterocycles. The molecule has 5 nitrogen and oxygen atoms in total. The van der Waals surface area contributed by atoms with Crippen molar-refractivity contribution in [1.29, 1.82) is 0 Å². The molecule has 0 aliphatic carbocycles. The number of para-hydroxylation sites is 3. The number of benzene rings is 2. The van der Waals surface area contributed by atoms with Crippen LogP contribution in [0.3, 0.4) is 0 Å². The summed E-state index contributed by atoms with van der Waals surface area (Å²) in [6.07, 6.45) is 0. The highest BCUT2D eigenvalue weighted by Gasteiger charge is 2.47. The van der Waals surface area contributed by atoms with Gasteiger partial charge in [0.1, 0.15) is 0 Å². The van der Waals surface area contributed by atoms with Crippen LogP contribution in [0.15, 0.2) is 42.5 Å². The van der Waals surface area contributed by atoms with Crippen molar-refractivity contribution < 1.29 is 19.1 Å². The zero-order valence-corrected chi connectivity index (χ0v) is 11.2. The number of fused-ring (bicyclic) bond motifs is 2. The van der Waals surface area contributed by atoms with Gasteiger partial charge in [-0.2, -0.15) is 0 Å². The van der Waals surface area contributed by atoms with Gasteiger partial charge in [-0.05, 0) is 18.2 Å². The number of carbonyl (C=O) groups excluding carboxylic acids is 2. The molecule has 0 N–H and O–H groups in total. The predicted molar refractivity (Wildman–Crippen MR) is 74.9 cm³/mol. The van der Waals surface area contributed by atoms with Crippen LogP contribution in [0.1, 0.15) is 11.5 Å². The second-order valence-corrected chi connectivity index (χ2v) is 4.89. The van der Waals surface area contributed by atoms with Gasteiger partial charge in [0.25, 0.3) is 5.91 Å². The molecule has 104 valence electrons. The van der Waals surface area contributed by atoms with Gasteiger partial charge in [-0.25, -0.2) is 0 Å². The van der Waals surface area contributed by atoms with E-state index >= 15 is 0 Å². The molecule has 0 bridgehead atoms. The first-order chi connectivity index (χ1) is 10.2. The van der Waals surface area contributed by atoms with Gasteiger partial charge in [0, 0.05) is 5.56 Å². The molecule has 0 aromatic heterocycles. The molecule has 2 aliphatic heterocycles. The Labute approximate surface area is 120 Å². The van der Waals surface area contributed by atoms with Crippen LogP contribution in [-0.2, 0) is 14.3 Å². The Kier molecular flexibility index (Phi) is 2.33. The number of ether oxygens (including phenoxy) is 2. The summed E-state index contributed by atoms with van der Waals surface area (Å²) < 4.78 is 10.6. The van der Waals surface area contributed by atoms with E-state index in [4.69, 9.17) is 9.47 Å². The molecule has 4 rings (SSSR count). The summed E-state index contributed by atoms with van der Waals surface area (Å²) in [4.78, 5) is 26.2. The maximum Gasteiger partial charge on any atom is 0.322 e. The van der Waals surface area contributed by atoms with Gasteiger partial charge in [0.05, 0.1) is 18.5 Å². The molecule has 1 unspecified atom stereocenters. The zero-order chi connectivity index (χ0) is 14.6. The monoisotopic (exact) mass is 281 g/mol. The quantitative estimate of drug-likeness (QED) is 0.595. The van der Waals surface area contributed by atoms with Gasteiger partial charge in [-0.15, -0.1) is 0 Å². The smallest absolute Gasteiger partial charge is 0.322 e. The maximum absolute atomic E-state index is 12.7. The van der Waals surface area contributed by atoms with Gasteiger partial charge in [-0.1, -0.05) is 24.3 Å². The Morgan fingerprint density at radius 3 is 2.71 bits per heavy atom. The lowest BCUT2D eigenvalue weighted by Crippen LogP contribution is -2.29. The molecule has 0 saturated carbocycles. The lowest BCUT2D eigenvalue weighted by Gasteiger charge is -2.27. The second kappa shape index (κ2) is 4.09. The fourth-order valence-corrected chi connectivity index (χ4v) is 2.90. The highest BCUT2D eigenvalue weighted by molar-refractivity contribution is 6.21. The number of hydrogen-bond acceptors (Lipinski definition) is 4.